The summed E-state index contributed by atoms with van der Waals surface area (Å²) in [5.41, 5.74) is 5.93. The first kappa shape index (κ1) is 14.0. The largest absolute Gasteiger partial charge is 0.508 e. The number of aliphatic carboxylic acids is 1. The van der Waals surface area contributed by atoms with Crippen LogP contribution in [0.25, 0.3) is 0 Å². The van der Waals surface area contributed by atoms with Crippen LogP contribution < -0.4 is 11.1 Å². The topological polar surface area (TPSA) is 113 Å². The number of carbonyl (C=O) groups excluding carboxylic acids is 1. The molecule has 6 heteroatoms. The van der Waals surface area contributed by atoms with Crippen molar-refractivity contribution in [1.29, 1.82) is 0 Å². The molecule has 0 aromatic heterocycles. The molecule has 0 heterocycles. The van der Waals surface area contributed by atoms with Crippen molar-refractivity contribution in [3.8, 4) is 5.75 Å². The number of benzene rings is 1. The zero-order valence-electron chi connectivity index (χ0n) is 9.80. The van der Waals surface area contributed by atoms with E-state index in [1.807, 2.05) is 0 Å². The Bertz CT molecular complexity index is 417. The predicted octanol–water partition coefficient (Wildman–Crippen LogP) is -0.147. The number of carboxylic acids is 1. The molecule has 0 saturated heterocycles. The molecule has 5 N–H and O–H groups in total. The fraction of sp³-hybridized carbons (Fsp3) is 0.333. The van der Waals surface area contributed by atoms with Crippen molar-refractivity contribution < 1.29 is 19.8 Å². The van der Waals surface area contributed by atoms with Crippen LogP contribution in [0.5, 0.6) is 5.75 Å². The van der Waals surface area contributed by atoms with Crippen LogP contribution in [0.2, 0.25) is 0 Å². The minimum absolute atomic E-state index is 0.0966. The van der Waals surface area contributed by atoms with Crippen LogP contribution in [0.1, 0.15) is 12.0 Å². The molecule has 1 aromatic rings. The summed E-state index contributed by atoms with van der Waals surface area (Å²) in [7, 11) is 0. The fourth-order valence-electron chi connectivity index (χ4n) is 1.47. The summed E-state index contributed by atoms with van der Waals surface area (Å²) in [4.78, 5) is 22.3. The van der Waals surface area contributed by atoms with E-state index < -0.39 is 12.0 Å². The van der Waals surface area contributed by atoms with Gasteiger partial charge in [-0.05, 0) is 17.7 Å². The van der Waals surface area contributed by atoms with Crippen LogP contribution >= 0.6 is 0 Å². The van der Waals surface area contributed by atoms with Gasteiger partial charge < -0.3 is 21.3 Å². The van der Waals surface area contributed by atoms with Gasteiger partial charge in [0.25, 0.3) is 0 Å². The van der Waals surface area contributed by atoms with E-state index in [9.17, 15) is 9.59 Å². The predicted molar refractivity (Wildman–Crippen MR) is 65.0 cm³/mol. The zero-order chi connectivity index (χ0) is 13.5. The first-order chi connectivity index (χ1) is 8.52. The highest BCUT2D eigenvalue weighted by atomic mass is 16.4. The van der Waals surface area contributed by atoms with Gasteiger partial charge in [-0.25, -0.2) is 4.79 Å². The summed E-state index contributed by atoms with van der Waals surface area (Å²) in [5, 5.41) is 20.5. The lowest BCUT2D eigenvalue weighted by Gasteiger charge is -2.14. The number of rotatable bonds is 6. The molecule has 0 aliphatic rings. The first-order valence-corrected chi connectivity index (χ1v) is 5.53. The molecule has 0 spiro atoms. The normalized spacial score (nSPS) is 11.8. The van der Waals surface area contributed by atoms with Crippen LogP contribution in [0.4, 0.5) is 0 Å². The third kappa shape index (κ3) is 4.42. The van der Waals surface area contributed by atoms with Crippen molar-refractivity contribution in [2.24, 2.45) is 5.73 Å². The molecule has 1 amide bonds. The highest BCUT2D eigenvalue weighted by Gasteiger charge is 2.19. The summed E-state index contributed by atoms with van der Waals surface area (Å²) >= 11 is 0. The van der Waals surface area contributed by atoms with Crippen LogP contribution in [0, 0.1) is 0 Å². The molecule has 1 aromatic carbocycles. The quantitative estimate of drug-likeness (QED) is 0.562. The molecule has 0 aliphatic heterocycles. The number of carbonyl (C=O) groups is 2. The molecular weight excluding hydrogens is 236 g/mol. The van der Waals surface area contributed by atoms with Crippen LogP contribution in [-0.2, 0) is 16.0 Å². The summed E-state index contributed by atoms with van der Waals surface area (Å²) in [6.45, 7) is 0.178. The van der Waals surface area contributed by atoms with Crippen molar-refractivity contribution in [1.82, 2.24) is 5.32 Å². The van der Waals surface area contributed by atoms with E-state index in [1.54, 1.807) is 12.1 Å². The summed E-state index contributed by atoms with van der Waals surface area (Å²) in [5.74, 6) is -1.38. The van der Waals surface area contributed by atoms with Gasteiger partial charge in [-0.2, -0.15) is 0 Å². The van der Waals surface area contributed by atoms with Gasteiger partial charge in [-0.3, -0.25) is 4.79 Å². The van der Waals surface area contributed by atoms with E-state index in [0.29, 0.717) is 5.56 Å². The number of phenolic OH excluding ortho intramolecular Hbond substituents is 1. The Morgan fingerprint density at radius 1 is 1.28 bits per heavy atom. The molecular formula is C12H16N2O4. The number of phenols is 1. The third-order valence-corrected chi connectivity index (χ3v) is 2.38. The molecule has 0 fully saturated rings. The molecule has 18 heavy (non-hydrogen) atoms. The Balaban J connectivity index is 2.65. The maximum absolute atomic E-state index is 11.3. The number of nitrogens with two attached hydrogens (primary N) is 1. The van der Waals surface area contributed by atoms with Gasteiger partial charge >= 0.3 is 5.97 Å². The number of carboxylic acid groups (broad SMARTS) is 1. The van der Waals surface area contributed by atoms with Crippen molar-refractivity contribution in [2.75, 3.05) is 6.54 Å². The van der Waals surface area contributed by atoms with Gasteiger partial charge in [0, 0.05) is 19.4 Å². The zero-order valence-corrected chi connectivity index (χ0v) is 9.80. The molecule has 98 valence electrons. The summed E-state index contributed by atoms with van der Waals surface area (Å²) in [6, 6.07) is 5.17. The van der Waals surface area contributed by atoms with Gasteiger partial charge in [0.15, 0.2) is 0 Å². The lowest BCUT2D eigenvalue weighted by atomic mass is 10.1. The maximum atomic E-state index is 11.3. The second-order valence-corrected chi connectivity index (χ2v) is 3.87. The highest BCUT2D eigenvalue weighted by Crippen LogP contribution is 2.11. The van der Waals surface area contributed by atoms with Gasteiger partial charge in [-0.15, -0.1) is 0 Å². The van der Waals surface area contributed by atoms with Crippen molar-refractivity contribution in [2.45, 2.75) is 18.9 Å². The second kappa shape index (κ2) is 6.61. The number of hydrogen-bond donors (Lipinski definition) is 4. The number of aromatic hydroxyl groups is 1. The Labute approximate surface area is 104 Å². The van der Waals surface area contributed by atoms with E-state index in [0.717, 1.165) is 0 Å². The monoisotopic (exact) mass is 252 g/mol. The lowest BCUT2D eigenvalue weighted by Crippen LogP contribution is -2.42. The minimum atomic E-state index is -1.10. The van der Waals surface area contributed by atoms with Gasteiger partial charge in [0.1, 0.15) is 11.8 Å². The summed E-state index contributed by atoms with van der Waals surface area (Å²) < 4.78 is 0. The average Bonchev–Trinajstić information content (AvgIpc) is 2.31. The van der Waals surface area contributed by atoms with Gasteiger partial charge in [0.2, 0.25) is 5.91 Å². The molecule has 0 aliphatic carbocycles. The molecule has 6 nitrogen and oxygen atoms in total. The Hall–Kier alpha value is -2.08. The first-order valence-electron chi connectivity index (χ1n) is 5.53. The lowest BCUT2D eigenvalue weighted by molar-refractivity contribution is -0.141. The minimum Gasteiger partial charge on any atom is -0.508 e. The molecule has 0 radical (unpaired) electrons. The molecule has 1 unspecified atom stereocenters. The Morgan fingerprint density at radius 3 is 2.39 bits per heavy atom. The van der Waals surface area contributed by atoms with E-state index in [4.69, 9.17) is 15.9 Å². The van der Waals surface area contributed by atoms with E-state index >= 15 is 0 Å². The number of hydrogen-bond acceptors (Lipinski definition) is 4. The van der Waals surface area contributed by atoms with Crippen LogP contribution in [-0.4, -0.2) is 34.7 Å². The maximum Gasteiger partial charge on any atom is 0.326 e. The smallest absolute Gasteiger partial charge is 0.326 e. The molecule has 1 rings (SSSR count). The average molecular weight is 252 g/mol. The van der Waals surface area contributed by atoms with E-state index in [1.165, 1.54) is 12.1 Å². The Morgan fingerprint density at radius 2 is 1.89 bits per heavy atom. The molecule has 1 atom stereocenters. The summed E-state index contributed by atoms with van der Waals surface area (Å²) in [6.07, 6.45) is 0.255. The molecule has 0 saturated carbocycles. The highest BCUT2D eigenvalue weighted by molar-refractivity contribution is 5.83. The van der Waals surface area contributed by atoms with E-state index in [2.05, 4.69) is 5.32 Å². The van der Waals surface area contributed by atoms with Crippen molar-refractivity contribution in [3.63, 3.8) is 0 Å². The standard InChI is InChI=1S/C12H16N2O4/c13-6-5-11(16)14-10(12(17)18)7-8-1-3-9(15)4-2-8/h1-4,10,15H,5-7,13H2,(H,14,16)(H,17,18). The third-order valence-electron chi connectivity index (χ3n) is 2.38. The number of amides is 1. The van der Waals surface area contributed by atoms with Crippen LogP contribution in [0.15, 0.2) is 24.3 Å². The van der Waals surface area contributed by atoms with E-state index in [-0.39, 0.29) is 31.0 Å². The Kier molecular flexibility index (Phi) is 5.13. The SMILES string of the molecule is NCCC(=O)NC(Cc1ccc(O)cc1)C(=O)O. The van der Waals surface area contributed by atoms with Crippen LogP contribution in [0.3, 0.4) is 0 Å². The van der Waals surface area contributed by atoms with Crippen molar-refractivity contribution >= 4 is 11.9 Å². The van der Waals surface area contributed by atoms with Gasteiger partial charge in [0.05, 0.1) is 0 Å². The van der Waals surface area contributed by atoms with Crippen molar-refractivity contribution in [3.05, 3.63) is 29.8 Å². The molecule has 0 bridgehead atoms. The fourth-order valence-corrected chi connectivity index (χ4v) is 1.47. The van der Waals surface area contributed by atoms with Gasteiger partial charge in [-0.1, -0.05) is 12.1 Å². The second-order valence-electron chi connectivity index (χ2n) is 3.87. The number of nitrogens with one attached hydrogen (secondary N) is 1.